The summed E-state index contributed by atoms with van der Waals surface area (Å²) >= 11 is 0. The molecular formula is C15H19NO. The van der Waals surface area contributed by atoms with Crippen molar-refractivity contribution in [3.8, 4) is 6.07 Å². The summed E-state index contributed by atoms with van der Waals surface area (Å²) in [6.07, 6.45) is 4.89. The zero-order valence-electron chi connectivity index (χ0n) is 10.4. The molecule has 0 N–H and O–H groups in total. The second-order valence-corrected chi connectivity index (χ2v) is 4.37. The zero-order chi connectivity index (χ0) is 12.6. The van der Waals surface area contributed by atoms with Crippen LogP contribution in [0.4, 0.5) is 0 Å². The molecule has 0 heterocycles. The number of hydrogen-bond acceptors (Lipinski definition) is 2. The van der Waals surface area contributed by atoms with Crippen LogP contribution in [-0.2, 0) is 10.2 Å². The fourth-order valence-electron chi connectivity index (χ4n) is 2.13. The minimum atomic E-state index is -0.488. The number of carbonyl (C=O) groups excluding carboxylic acids is 1. The summed E-state index contributed by atoms with van der Waals surface area (Å²) in [5, 5.41) is 9.52. The lowest BCUT2D eigenvalue weighted by atomic mass is 9.74. The van der Waals surface area contributed by atoms with Crippen molar-refractivity contribution in [1.82, 2.24) is 0 Å². The average molecular weight is 229 g/mol. The predicted molar refractivity (Wildman–Crippen MR) is 68.6 cm³/mol. The Morgan fingerprint density at radius 2 is 2.00 bits per heavy atom. The highest BCUT2D eigenvalue weighted by atomic mass is 16.1. The van der Waals surface area contributed by atoms with Crippen molar-refractivity contribution in [2.45, 2.75) is 44.4 Å². The van der Waals surface area contributed by atoms with Gasteiger partial charge >= 0.3 is 0 Å². The number of hydrogen-bond donors (Lipinski definition) is 0. The Bertz CT molecular complexity index is 380. The molecular weight excluding hydrogens is 210 g/mol. The topological polar surface area (TPSA) is 40.9 Å². The molecule has 0 aliphatic heterocycles. The van der Waals surface area contributed by atoms with Crippen molar-refractivity contribution < 1.29 is 4.79 Å². The SMILES string of the molecule is CCCCC(C#N)(CCC=O)c1ccccc1. The molecule has 0 saturated heterocycles. The third kappa shape index (κ3) is 3.42. The summed E-state index contributed by atoms with van der Waals surface area (Å²) in [5.41, 5.74) is 0.552. The number of nitriles is 1. The summed E-state index contributed by atoms with van der Waals surface area (Å²) in [7, 11) is 0. The van der Waals surface area contributed by atoms with Crippen LogP contribution >= 0.6 is 0 Å². The van der Waals surface area contributed by atoms with Gasteiger partial charge in [-0.1, -0.05) is 50.1 Å². The minimum absolute atomic E-state index is 0.451. The summed E-state index contributed by atoms with van der Waals surface area (Å²) in [6.45, 7) is 2.12. The first-order chi connectivity index (χ1) is 8.29. The van der Waals surface area contributed by atoms with Crippen molar-refractivity contribution in [1.29, 1.82) is 5.26 Å². The lowest BCUT2D eigenvalue weighted by Gasteiger charge is -2.26. The highest BCUT2D eigenvalue weighted by Gasteiger charge is 2.30. The number of aldehydes is 1. The van der Waals surface area contributed by atoms with Crippen LogP contribution in [0.3, 0.4) is 0 Å². The second-order valence-electron chi connectivity index (χ2n) is 4.37. The highest BCUT2D eigenvalue weighted by Crippen LogP contribution is 2.33. The molecule has 90 valence electrons. The van der Waals surface area contributed by atoms with Gasteiger partial charge in [0.25, 0.3) is 0 Å². The van der Waals surface area contributed by atoms with Gasteiger partial charge in [-0.3, -0.25) is 0 Å². The average Bonchev–Trinajstić information content (AvgIpc) is 2.41. The molecule has 0 aliphatic rings. The van der Waals surface area contributed by atoms with Crippen LogP contribution in [-0.4, -0.2) is 6.29 Å². The maximum absolute atomic E-state index is 10.6. The van der Waals surface area contributed by atoms with Crippen molar-refractivity contribution in [2.75, 3.05) is 0 Å². The van der Waals surface area contributed by atoms with Crippen molar-refractivity contribution in [3.63, 3.8) is 0 Å². The first-order valence-corrected chi connectivity index (χ1v) is 6.19. The smallest absolute Gasteiger partial charge is 0.120 e. The highest BCUT2D eigenvalue weighted by molar-refractivity contribution is 5.50. The second kappa shape index (κ2) is 6.85. The molecule has 0 fully saturated rings. The van der Waals surface area contributed by atoms with E-state index >= 15 is 0 Å². The lowest BCUT2D eigenvalue weighted by Crippen LogP contribution is -2.24. The summed E-state index contributed by atoms with van der Waals surface area (Å²) in [5.74, 6) is 0. The lowest BCUT2D eigenvalue weighted by molar-refractivity contribution is -0.108. The van der Waals surface area contributed by atoms with Gasteiger partial charge in [-0.15, -0.1) is 0 Å². The van der Waals surface area contributed by atoms with E-state index in [0.29, 0.717) is 12.8 Å². The quantitative estimate of drug-likeness (QED) is 0.670. The summed E-state index contributed by atoms with van der Waals surface area (Å²) in [6, 6.07) is 12.3. The fraction of sp³-hybridized carbons (Fsp3) is 0.467. The van der Waals surface area contributed by atoms with Gasteiger partial charge in [0.1, 0.15) is 6.29 Å². The monoisotopic (exact) mass is 229 g/mol. The van der Waals surface area contributed by atoms with E-state index in [9.17, 15) is 10.1 Å². The Hall–Kier alpha value is -1.62. The van der Waals surface area contributed by atoms with E-state index in [2.05, 4.69) is 13.0 Å². The summed E-state index contributed by atoms with van der Waals surface area (Å²) < 4.78 is 0. The van der Waals surface area contributed by atoms with Crippen LogP contribution < -0.4 is 0 Å². The standard InChI is InChI=1S/C15H19NO/c1-2-3-10-15(13-16,11-7-12-17)14-8-5-4-6-9-14/h4-6,8-9,12H,2-3,7,10-11H2,1H3. The molecule has 0 aliphatic carbocycles. The Morgan fingerprint density at radius 3 is 2.53 bits per heavy atom. The Kier molecular flexibility index (Phi) is 5.42. The van der Waals surface area contributed by atoms with E-state index in [0.717, 1.165) is 31.1 Å². The van der Waals surface area contributed by atoms with Gasteiger partial charge in [0, 0.05) is 6.42 Å². The van der Waals surface area contributed by atoms with Gasteiger partial charge in [0.15, 0.2) is 0 Å². The van der Waals surface area contributed by atoms with Gasteiger partial charge in [-0.2, -0.15) is 5.26 Å². The third-order valence-electron chi connectivity index (χ3n) is 3.19. The normalized spacial score (nSPS) is 13.6. The van der Waals surface area contributed by atoms with E-state index in [1.54, 1.807) is 0 Å². The third-order valence-corrected chi connectivity index (χ3v) is 3.19. The Morgan fingerprint density at radius 1 is 1.29 bits per heavy atom. The van der Waals surface area contributed by atoms with Crippen LogP contribution in [0.15, 0.2) is 30.3 Å². The molecule has 0 spiro atoms. The van der Waals surface area contributed by atoms with Gasteiger partial charge in [0.05, 0.1) is 11.5 Å². The van der Waals surface area contributed by atoms with Crippen LogP contribution in [0.25, 0.3) is 0 Å². The van der Waals surface area contributed by atoms with Crippen LogP contribution in [0.5, 0.6) is 0 Å². The van der Waals surface area contributed by atoms with Gasteiger partial charge in [-0.05, 0) is 18.4 Å². The largest absolute Gasteiger partial charge is 0.303 e. The molecule has 2 nitrogen and oxygen atoms in total. The molecule has 0 bridgehead atoms. The molecule has 0 amide bonds. The Balaban J connectivity index is 2.98. The van der Waals surface area contributed by atoms with E-state index < -0.39 is 5.41 Å². The van der Waals surface area contributed by atoms with Crippen molar-refractivity contribution >= 4 is 6.29 Å². The number of nitrogens with zero attached hydrogens (tertiary/aromatic N) is 1. The van der Waals surface area contributed by atoms with Gasteiger partial charge < -0.3 is 4.79 Å². The molecule has 17 heavy (non-hydrogen) atoms. The van der Waals surface area contributed by atoms with Crippen LogP contribution in [0.2, 0.25) is 0 Å². The van der Waals surface area contributed by atoms with E-state index in [1.165, 1.54) is 0 Å². The van der Waals surface area contributed by atoms with Crippen molar-refractivity contribution in [2.24, 2.45) is 0 Å². The van der Waals surface area contributed by atoms with Gasteiger partial charge in [-0.25, -0.2) is 0 Å². The molecule has 2 heteroatoms. The molecule has 1 aromatic carbocycles. The molecule has 1 unspecified atom stereocenters. The predicted octanol–water partition coefficient (Wildman–Crippen LogP) is 3.62. The molecule has 1 aromatic rings. The number of unbranched alkanes of at least 4 members (excludes halogenated alkanes) is 1. The molecule has 0 saturated carbocycles. The molecule has 0 radical (unpaired) electrons. The maximum Gasteiger partial charge on any atom is 0.120 e. The molecule has 0 aromatic heterocycles. The van der Waals surface area contributed by atoms with Crippen LogP contribution in [0.1, 0.15) is 44.6 Å². The number of benzene rings is 1. The number of carbonyl (C=O) groups is 1. The first kappa shape index (κ1) is 13.4. The fourth-order valence-corrected chi connectivity index (χ4v) is 2.13. The molecule has 1 rings (SSSR count). The van der Waals surface area contributed by atoms with E-state index in [4.69, 9.17) is 0 Å². The van der Waals surface area contributed by atoms with Crippen molar-refractivity contribution in [3.05, 3.63) is 35.9 Å². The van der Waals surface area contributed by atoms with Gasteiger partial charge in [0.2, 0.25) is 0 Å². The minimum Gasteiger partial charge on any atom is -0.303 e. The van der Waals surface area contributed by atoms with Crippen LogP contribution in [0, 0.1) is 11.3 Å². The van der Waals surface area contributed by atoms with E-state index in [-0.39, 0.29) is 0 Å². The first-order valence-electron chi connectivity index (χ1n) is 6.19. The Labute approximate surface area is 103 Å². The maximum atomic E-state index is 10.6. The zero-order valence-corrected chi connectivity index (χ0v) is 10.4. The summed E-state index contributed by atoms with van der Waals surface area (Å²) in [4.78, 5) is 10.6. The molecule has 1 atom stereocenters. The van der Waals surface area contributed by atoms with E-state index in [1.807, 2.05) is 30.3 Å². The number of rotatable bonds is 7.